The van der Waals surface area contributed by atoms with Gasteiger partial charge in [0.1, 0.15) is 5.75 Å². The summed E-state index contributed by atoms with van der Waals surface area (Å²) in [6.45, 7) is 0.615. The summed E-state index contributed by atoms with van der Waals surface area (Å²) in [5.41, 5.74) is 7.92. The van der Waals surface area contributed by atoms with Gasteiger partial charge in [-0.2, -0.15) is 0 Å². The Hall–Kier alpha value is -2.49. The fourth-order valence-corrected chi connectivity index (χ4v) is 2.37. The van der Waals surface area contributed by atoms with Gasteiger partial charge < -0.3 is 15.8 Å². The standard InChI is InChI=1S/C16H16N2O2/c17-12-7-5-11(6-8-12)16(19)18-14-9-10-20-15-4-2-1-3-13(14)15/h1-8,14H,9-10,17H2,(H,18,19). The highest BCUT2D eigenvalue weighted by Crippen LogP contribution is 2.31. The molecule has 4 heteroatoms. The monoisotopic (exact) mass is 268 g/mol. The van der Waals surface area contributed by atoms with Crippen LogP contribution in [0, 0.1) is 0 Å². The van der Waals surface area contributed by atoms with Crippen LogP contribution in [0.1, 0.15) is 28.4 Å². The molecule has 2 aromatic carbocycles. The second kappa shape index (κ2) is 5.25. The number of carbonyl (C=O) groups is 1. The number of rotatable bonds is 2. The van der Waals surface area contributed by atoms with E-state index in [1.54, 1.807) is 24.3 Å². The highest BCUT2D eigenvalue weighted by atomic mass is 16.5. The lowest BCUT2D eigenvalue weighted by molar-refractivity contribution is 0.0925. The minimum absolute atomic E-state index is 0.00926. The molecular weight excluding hydrogens is 252 g/mol. The van der Waals surface area contributed by atoms with Gasteiger partial charge in [0.2, 0.25) is 0 Å². The minimum Gasteiger partial charge on any atom is -0.493 e. The number of hydrogen-bond donors (Lipinski definition) is 2. The Morgan fingerprint density at radius 3 is 2.70 bits per heavy atom. The Morgan fingerprint density at radius 2 is 1.90 bits per heavy atom. The number of anilines is 1. The molecule has 0 fully saturated rings. The molecule has 3 rings (SSSR count). The molecule has 4 nitrogen and oxygen atoms in total. The molecule has 0 aromatic heterocycles. The largest absolute Gasteiger partial charge is 0.493 e. The molecule has 1 unspecified atom stereocenters. The predicted molar refractivity (Wildman–Crippen MR) is 77.6 cm³/mol. The van der Waals surface area contributed by atoms with E-state index in [0.29, 0.717) is 17.9 Å². The van der Waals surface area contributed by atoms with Crippen LogP contribution in [0.3, 0.4) is 0 Å². The lowest BCUT2D eigenvalue weighted by atomic mass is 10.00. The van der Waals surface area contributed by atoms with Crippen molar-refractivity contribution < 1.29 is 9.53 Å². The Kier molecular flexibility index (Phi) is 3.29. The van der Waals surface area contributed by atoms with Crippen molar-refractivity contribution in [3.05, 3.63) is 59.7 Å². The van der Waals surface area contributed by atoms with Crippen LogP contribution < -0.4 is 15.8 Å². The van der Waals surface area contributed by atoms with Crippen LogP contribution in [-0.4, -0.2) is 12.5 Å². The van der Waals surface area contributed by atoms with E-state index in [4.69, 9.17) is 10.5 Å². The molecule has 1 heterocycles. The summed E-state index contributed by atoms with van der Waals surface area (Å²) in [4.78, 5) is 12.2. The number of hydrogen-bond acceptors (Lipinski definition) is 3. The van der Waals surface area contributed by atoms with Crippen molar-refractivity contribution >= 4 is 11.6 Å². The number of ether oxygens (including phenoxy) is 1. The van der Waals surface area contributed by atoms with Crippen LogP contribution in [0.15, 0.2) is 48.5 Å². The van der Waals surface area contributed by atoms with Gasteiger partial charge >= 0.3 is 0 Å². The van der Waals surface area contributed by atoms with Crippen molar-refractivity contribution in [2.75, 3.05) is 12.3 Å². The number of nitrogens with one attached hydrogen (secondary N) is 1. The molecule has 0 radical (unpaired) electrons. The van der Waals surface area contributed by atoms with Crippen LogP contribution in [0.5, 0.6) is 5.75 Å². The van der Waals surface area contributed by atoms with E-state index in [1.165, 1.54) is 0 Å². The van der Waals surface area contributed by atoms with Gasteiger partial charge in [-0.05, 0) is 30.3 Å². The van der Waals surface area contributed by atoms with Gasteiger partial charge in [0.25, 0.3) is 5.91 Å². The summed E-state index contributed by atoms with van der Waals surface area (Å²) < 4.78 is 5.59. The van der Waals surface area contributed by atoms with Crippen LogP contribution >= 0.6 is 0 Å². The van der Waals surface area contributed by atoms with E-state index >= 15 is 0 Å². The van der Waals surface area contributed by atoms with Crippen molar-refractivity contribution in [1.29, 1.82) is 0 Å². The Labute approximate surface area is 117 Å². The van der Waals surface area contributed by atoms with E-state index < -0.39 is 0 Å². The molecule has 0 bridgehead atoms. The summed E-state index contributed by atoms with van der Waals surface area (Å²) in [5, 5.41) is 3.05. The van der Waals surface area contributed by atoms with E-state index in [-0.39, 0.29) is 11.9 Å². The molecule has 2 aromatic rings. The molecule has 20 heavy (non-hydrogen) atoms. The lowest BCUT2D eigenvalue weighted by Gasteiger charge is -2.26. The van der Waals surface area contributed by atoms with Gasteiger partial charge in [-0.15, -0.1) is 0 Å². The van der Waals surface area contributed by atoms with Crippen molar-refractivity contribution in [2.24, 2.45) is 0 Å². The zero-order chi connectivity index (χ0) is 13.9. The molecule has 3 N–H and O–H groups in total. The number of para-hydroxylation sites is 1. The number of amides is 1. The highest BCUT2D eigenvalue weighted by molar-refractivity contribution is 5.94. The van der Waals surface area contributed by atoms with Gasteiger partial charge in [-0.3, -0.25) is 4.79 Å². The smallest absolute Gasteiger partial charge is 0.251 e. The molecular formula is C16H16N2O2. The van der Waals surface area contributed by atoms with Crippen LogP contribution in [0.2, 0.25) is 0 Å². The number of fused-ring (bicyclic) bond motifs is 1. The zero-order valence-corrected chi connectivity index (χ0v) is 11.0. The van der Waals surface area contributed by atoms with Gasteiger partial charge in [-0.25, -0.2) is 0 Å². The quantitative estimate of drug-likeness (QED) is 0.823. The molecule has 0 spiro atoms. The third-order valence-electron chi connectivity index (χ3n) is 3.44. The molecule has 1 aliphatic rings. The average molecular weight is 268 g/mol. The van der Waals surface area contributed by atoms with Gasteiger partial charge in [0.15, 0.2) is 0 Å². The first-order valence-electron chi connectivity index (χ1n) is 6.62. The molecule has 0 saturated carbocycles. The van der Waals surface area contributed by atoms with E-state index in [2.05, 4.69) is 5.32 Å². The molecule has 102 valence electrons. The first kappa shape index (κ1) is 12.5. The van der Waals surface area contributed by atoms with Gasteiger partial charge in [-0.1, -0.05) is 18.2 Å². The zero-order valence-electron chi connectivity index (χ0n) is 11.0. The first-order chi connectivity index (χ1) is 9.74. The van der Waals surface area contributed by atoms with Gasteiger partial charge in [0.05, 0.1) is 12.6 Å². The topological polar surface area (TPSA) is 64.4 Å². The molecule has 0 saturated heterocycles. The number of carbonyl (C=O) groups excluding carboxylic acids is 1. The Balaban J connectivity index is 1.79. The number of nitrogen functional groups attached to an aromatic ring is 1. The normalized spacial score (nSPS) is 16.9. The molecule has 0 aliphatic carbocycles. The predicted octanol–water partition coefficient (Wildman–Crippen LogP) is 2.52. The fraction of sp³-hybridized carbons (Fsp3) is 0.188. The van der Waals surface area contributed by atoms with Crippen molar-refractivity contribution in [3.63, 3.8) is 0 Å². The average Bonchev–Trinajstić information content (AvgIpc) is 2.48. The SMILES string of the molecule is Nc1ccc(C(=O)NC2CCOc3ccccc32)cc1. The number of nitrogens with two attached hydrogens (primary N) is 1. The Bertz CT molecular complexity index is 623. The highest BCUT2D eigenvalue weighted by Gasteiger charge is 2.22. The minimum atomic E-state index is -0.0910. The molecule has 1 atom stereocenters. The van der Waals surface area contributed by atoms with Crippen molar-refractivity contribution in [3.8, 4) is 5.75 Å². The van der Waals surface area contributed by atoms with Crippen LogP contribution in [0.25, 0.3) is 0 Å². The third kappa shape index (κ3) is 2.45. The molecule has 1 aliphatic heterocycles. The summed E-state index contributed by atoms with van der Waals surface area (Å²) in [5.74, 6) is 0.757. The second-order valence-electron chi connectivity index (χ2n) is 4.82. The first-order valence-corrected chi connectivity index (χ1v) is 6.62. The van der Waals surface area contributed by atoms with E-state index in [0.717, 1.165) is 17.7 Å². The maximum Gasteiger partial charge on any atom is 0.251 e. The lowest BCUT2D eigenvalue weighted by Crippen LogP contribution is -2.32. The van der Waals surface area contributed by atoms with E-state index in [1.807, 2.05) is 24.3 Å². The number of benzene rings is 2. The maximum atomic E-state index is 12.2. The fourth-order valence-electron chi connectivity index (χ4n) is 2.37. The third-order valence-corrected chi connectivity index (χ3v) is 3.44. The van der Waals surface area contributed by atoms with E-state index in [9.17, 15) is 4.79 Å². The van der Waals surface area contributed by atoms with Crippen LogP contribution in [-0.2, 0) is 0 Å². The van der Waals surface area contributed by atoms with Crippen molar-refractivity contribution in [1.82, 2.24) is 5.32 Å². The second-order valence-corrected chi connectivity index (χ2v) is 4.82. The van der Waals surface area contributed by atoms with Crippen LogP contribution in [0.4, 0.5) is 5.69 Å². The summed E-state index contributed by atoms with van der Waals surface area (Å²) in [6, 6.07) is 14.7. The summed E-state index contributed by atoms with van der Waals surface area (Å²) >= 11 is 0. The van der Waals surface area contributed by atoms with Gasteiger partial charge in [0, 0.05) is 23.2 Å². The molecule has 1 amide bonds. The Morgan fingerprint density at radius 1 is 1.15 bits per heavy atom. The van der Waals surface area contributed by atoms with Crippen molar-refractivity contribution in [2.45, 2.75) is 12.5 Å². The maximum absolute atomic E-state index is 12.2. The summed E-state index contributed by atoms with van der Waals surface area (Å²) in [7, 11) is 0. The summed E-state index contributed by atoms with van der Waals surface area (Å²) in [6.07, 6.45) is 0.776.